The van der Waals surface area contributed by atoms with Crippen molar-refractivity contribution in [2.75, 3.05) is 17.7 Å². The van der Waals surface area contributed by atoms with Gasteiger partial charge in [-0.25, -0.2) is 0 Å². The smallest absolute Gasteiger partial charge is 0.234 e. The highest BCUT2D eigenvalue weighted by atomic mass is 32.2. The normalized spacial score (nSPS) is 10.4. The number of ether oxygens (including phenoxy) is 1. The first-order valence-corrected chi connectivity index (χ1v) is 11.2. The van der Waals surface area contributed by atoms with E-state index in [4.69, 9.17) is 10.00 Å². The number of nitrogens with one attached hydrogen (secondary N) is 1. The number of nitriles is 1. The molecule has 4 aromatic rings. The Hall–Kier alpha value is -4.16. The van der Waals surface area contributed by atoms with E-state index in [1.54, 1.807) is 36.7 Å². The highest BCUT2D eigenvalue weighted by molar-refractivity contribution is 7.99. The Labute approximate surface area is 195 Å². The van der Waals surface area contributed by atoms with Crippen molar-refractivity contribution in [1.82, 2.24) is 19.7 Å². The van der Waals surface area contributed by atoms with E-state index in [1.165, 1.54) is 11.8 Å². The molecule has 2 aromatic carbocycles. The number of benzene rings is 2. The molecule has 0 saturated heterocycles. The predicted molar refractivity (Wildman–Crippen MR) is 126 cm³/mol. The summed E-state index contributed by atoms with van der Waals surface area (Å²) in [5.41, 5.74) is 2.70. The summed E-state index contributed by atoms with van der Waals surface area (Å²) in [5.74, 6) is 1.31. The maximum Gasteiger partial charge on any atom is 0.234 e. The van der Waals surface area contributed by atoms with Gasteiger partial charge in [0.15, 0.2) is 11.0 Å². The summed E-state index contributed by atoms with van der Waals surface area (Å²) in [7, 11) is 0. The summed E-state index contributed by atoms with van der Waals surface area (Å²) in [6.07, 6.45) is 3.42. The van der Waals surface area contributed by atoms with E-state index in [1.807, 2.05) is 47.9 Å². The molecule has 0 aliphatic carbocycles. The largest absolute Gasteiger partial charge is 0.494 e. The SMILES string of the molecule is CCOc1ccc(-n2c(SCC(=O)Nc3cccc(C#N)c3)nnc2-c2cccnc2)cc1. The van der Waals surface area contributed by atoms with Gasteiger partial charge in [0.2, 0.25) is 5.91 Å². The van der Waals surface area contributed by atoms with Crippen LogP contribution in [0.3, 0.4) is 0 Å². The fourth-order valence-corrected chi connectivity index (χ4v) is 3.88. The number of aromatic nitrogens is 4. The van der Waals surface area contributed by atoms with Gasteiger partial charge in [-0.05, 0) is 61.5 Å². The Morgan fingerprint density at radius 3 is 2.73 bits per heavy atom. The molecule has 1 amide bonds. The van der Waals surface area contributed by atoms with Gasteiger partial charge in [0.05, 0.1) is 24.0 Å². The van der Waals surface area contributed by atoms with Crippen LogP contribution in [0.1, 0.15) is 12.5 Å². The third kappa shape index (κ3) is 5.37. The van der Waals surface area contributed by atoms with Crippen molar-refractivity contribution >= 4 is 23.4 Å². The molecule has 0 atom stereocenters. The monoisotopic (exact) mass is 456 g/mol. The highest BCUT2D eigenvalue weighted by Gasteiger charge is 2.18. The number of nitrogens with zero attached hydrogens (tertiary/aromatic N) is 5. The summed E-state index contributed by atoms with van der Waals surface area (Å²) >= 11 is 1.27. The fraction of sp³-hybridized carbons (Fsp3) is 0.125. The van der Waals surface area contributed by atoms with E-state index in [0.717, 1.165) is 17.0 Å². The number of amides is 1. The number of thioether (sulfide) groups is 1. The fourth-order valence-electron chi connectivity index (χ4n) is 3.13. The molecule has 2 aromatic heterocycles. The van der Waals surface area contributed by atoms with E-state index < -0.39 is 0 Å². The minimum atomic E-state index is -0.209. The molecule has 0 saturated carbocycles. The topological polar surface area (TPSA) is 106 Å². The lowest BCUT2D eigenvalue weighted by molar-refractivity contribution is -0.113. The van der Waals surface area contributed by atoms with Crippen molar-refractivity contribution in [1.29, 1.82) is 5.26 Å². The average Bonchev–Trinajstić information content (AvgIpc) is 3.28. The maximum absolute atomic E-state index is 12.5. The molecule has 0 aliphatic rings. The maximum atomic E-state index is 12.5. The molecular weight excluding hydrogens is 436 g/mol. The number of anilines is 1. The molecule has 8 nitrogen and oxygen atoms in total. The highest BCUT2D eigenvalue weighted by Crippen LogP contribution is 2.28. The zero-order valence-electron chi connectivity index (χ0n) is 17.8. The van der Waals surface area contributed by atoms with Crippen molar-refractivity contribution in [3.8, 4) is 28.9 Å². The Morgan fingerprint density at radius 1 is 1.15 bits per heavy atom. The Balaban J connectivity index is 1.58. The van der Waals surface area contributed by atoms with Crippen LogP contribution in [-0.2, 0) is 4.79 Å². The van der Waals surface area contributed by atoms with Gasteiger partial charge < -0.3 is 10.1 Å². The second kappa shape index (κ2) is 10.4. The van der Waals surface area contributed by atoms with Crippen molar-refractivity contribution in [2.24, 2.45) is 0 Å². The molecule has 0 radical (unpaired) electrons. The molecule has 0 bridgehead atoms. The average molecular weight is 457 g/mol. The number of carbonyl (C=O) groups is 1. The summed E-state index contributed by atoms with van der Waals surface area (Å²) < 4.78 is 7.44. The second-order valence-electron chi connectivity index (χ2n) is 6.84. The van der Waals surface area contributed by atoms with Crippen molar-refractivity contribution < 1.29 is 9.53 Å². The molecule has 4 rings (SSSR count). The molecule has 0 aliphatic heterocycles. The van der Waals surface area contributed by atoms with Crippen LogP contribution in [0.2, 0.25) is 0 Å². The van der Waals surface area contributed by atoms with Gasteiger partial charge >= 0.3 is 0 Å². The zero-order valence-corrected chi connectivity index (χ0v) is 18.6. The van der Waals surface area contributed by atoms with E-state index in [0.29, 0.717) is 28.8 Å². The molecule has 164 valence electrons. The van der Waals surface area contributed by atoms with Crippen LogP contribution in [0.25, 0.3) is 17.1 Å². The molecule has 0 spiro atoms. The first-order chi connectivity index (χ1) is 16.2. The van der Waals surface area contributed by atoms with E-state index in [9.17, 15) is 4.79 Å². The molecule has 0 fully saturated rings. The second-order valence-corrected chi connectivity index (χ2v) is 7.78. The summed E-state index contributed by atoms with van der Waals surface area (Å²) in [6, 6.07) is 20.2. The lowest BCUT2D eigenvalue weighted by atomic mass is 10.2. The van der Waals surface area contributed by atoms with Crippen LogP contribution >= 0.6 is 11.8 Å². The van der Waals surface area contributed by atoms with Gasteiger partial charge in [0.25, 0.3) is 0 Å². The molecule has 0 unspecified atom stereocenters. The summed E-state index contributed by atoms with van der Waals surface area (Å²) in [5, 5.41) is 21.1. The number of rotatable bonds is 8. The number of pyridine rings is 1. The Bertz CT molecular complexity index is 1280. The third-order valence-electron chi connectivity index (χ3n) is 4.57. The van der Waals surface area contributed by atoms with Gasteiger partial charge in [0, 0.05) is 29.3 Å². The molecule has 2 heterocycles. The summed E-state index contributed by atoms with van der Waals surface area (Å²) in [4.78, 5) is 16.7. The van der Waals surface area contributed by atoms with E-state index >= 15 is 0 Å². The van der Waals surface area contributed by atoms with Crippen molar-refractivity contribution in [2.45, 2.75) is 12.1 Å². The predicted octanol–water partition coefficient (Wildman–Crippen LogP) is 4.33. The molecule has 33 heavy (non-hydrogen) atoms. The first-order valence-electron chi connectivity index (χ1n) is 10.2. The lowest BCUT2D eigenvalue weighted by Gasteiger charge is -2.11. The Kier molecular flexibility index (Phi) is 6.97. The van der Waals surface area contributed by atoms with Gasteiger partial charge in [0.1, 0.15) is 5.75 Å². The molecule has 1 N–H and O–H groups in total. The first kappa shape index (κ1) is 22.0. The van der Waals surface area contributed by atoms with E-state index in [2.05, 4.69) is 26.6 Å². The number of hydrogen-bond acceptors (Lipinski definition) is 7. The van der Waals surface area contributed by atoms with Gasteiger partial charge in [-0.1, -0.05) is 17.8 Å². The zero-order chi connectivity index (χ0) is 23.0. The van der Waals surface area contributed by atoms with Crippen LogP contribution in [0.15, 0.2) is 78.2 Å². The van der Waals surface area contributed by atoms with Gasteiger partial charge in [-0.15, -0.1) is 10.2 Å². The van der Waals surface area contributed by atoms with Crippen LogP contribution < -0.4 is 10.1 Å². The number of hydrogen-bond donors (Lipinski definition) is 1. The lowest BCUT2D eigenvalue weighted by Crippen LogP contribution is -2.14. The quantitative estimate of drug-likeness (QED) is 0.393. The Morgan fingerprint density at radius 2 is 2.00 bits per heavy atom. The standard InChI is InChI=1S/C24H20N6O2S/c1-2-32-21-10-8-20(9-11-21)30-23(18-6-4-12-26-15-18)28-29-24(30)33-16-22(31)27-19-7-3-5-17(13-19)14-25/h3-13,15H,2,16H2,1H3,(H,27,31). The third-order valence-corrected chi connectivity index (χ3v) is 5.50. The van der Waals surface area contributed by atoms with E-state index in [-0.39, 0.29) is 11.7 Å². The van der Waals surface area contributed by atoms with Crippen molar-refractivity contribution in [3.63, 3.8) is 0 Å². The van der Waals surface area contributed by atoms with Gasteiger partial charge in [-0.2, -0.15) is 5.26 Å². The molecular formula is C24H20N6O2S. The minimum Gasteiger partial charge on any atom is -0.494 e. The van der Waals surface area contributed by atoms with Crippen molar-refractivity contribution in [3.05, 3.63) is 78.6 Å². The number of carbonyl (C=O) groups excluding carboxylic acids is 1. The van der Waals surface area contributed by atoms with Crippen LogP contribution in [-0.4, -0.2) is 38.0 Å². The van der Waals surface area contributed by atoms with Gasteiger partial charge in [-0.3, -0.25) is 14.3 Å². The van der Waals surface area contributed by atoms with Crippen LogP contribution in [0.5, 0.6) is 5.75 Å². The summed E-state index contributed by atoms with van der Waals surface area (Å²) in [6.45, 7) is 2.52. The van der Waals surface area contributed by atoms with Crippen LogP contribution in [0, 0.1) is 11.3 Å². The minimum absolute atomic E-state index is 0.124. The molecule has 9 heteroatoms. The van der Waals surface area contributed by atoms with Crippen LogP contribution in [0.4, 0.5) is 5.69 Å².